The molecule has 1 saturated heterocycles. The quantitative estimate of drug-likeness (QED) is 0.847. The molecule has 146 valence electrons. The zero-order valence-electron chi connectivity index (χ0n) is 15.5. The van der Waals surface area contributed by atoms with Crippen LogP contribution in [0.15, 0.2) is 42.6 Å². The maximum Gasteiger partial charge on any atom is 0.303 e. The third-order valence-corrected chi connectivity index (χ3v) is 5.72. The van der Waals surface area contributed by atoms with E-state index in [-0.39, 0.29) is 18.2 Å². The van der Waals surface area contributed by atoms with Gasteiger partial charge in [0.1, 0.15) is 17.2 Å². The van der Waals surface area contributed by atoms with E-state index < -0.39 is 11.6 Å². The first-order valence-electron chi connectivity index (χ1n) is 9.46. The van der Waals surface area contributed by atoms with E-state index in [0.29, 0.717) is 43.7 Å². The number of piperidine rings is 1. The number of hydrogen-bond donors (Lipinski definition) is 2. The lowest BCUT2D eigenvalue weighted by molar-refractivity contribution is -0.138. The van der Waals surface area contributed by atoms with Crippen molar-refractivity contribution in [3.63, 3.8) is 0 Å². The predicted molar refractivity (Wildman–Crippen MR) is 103 cm³/mol. The van der Waals surface area contributed by atoms with Crippen molar-refractivity contribution in [1.82, 2.24) is 9.88 Å². The standard InChI is InChI=1S/C21H23N3O4/c22-18-6-5-14(13-23-18)20(27)24-9-7-21(8-10-24)12-15(11-19(25)26)16-3-1-2-4-17(16)28-21/h1-6,13,15H,7-12H2,(H2,22,23)(H,25,26). The van der Waals surface area contributed by atoms with Gasteiger partial charge in [0.25, 0.3) is 5.91 Å². The number of carbonyl (C=O) groups excluding carboxylic acids is 1. The van der Waals surface area contributed by atoms with Crippen LogP contribution in [0.5, 0.6) is 5.75 Å². The highest BCUT2D eigenvalue weighted by molar-refractivity contribution is 5.94. The van der Waals surface area contributed by atoms with E-state index in [4.69, 9.17) is 10.5 Å². The number of aromatic nitrogens is 1. The van der Waals surface area contributed by atoms with Gasteiger partial charge in [0, 0.05) is 38.0 Å². The summed E-state index contributed by atoms with van der Waals surface area (Å²) >= 11 is 0. The fourth-order valence-electron chi connectivity index (χ4n) is 4.28. The van der Waals surface area contributed by atoms with Gasteiger partial charge in [0.2, 0.25) is 0 Å². The van der Waals surface area contributed by atoms with E-state index in [0.717, 1.165) is 11.3 Å². The summed E-state index contributed by atoms with van der Waals surface area (Å²) in [6.45, 7) is 1.12. The molecule has 1 amide bonds. The summed E-state index contributed by atoms with van der Waals surface area (Å²) in [7, 11) is 0. The van der Waals surface area contributed by atoms with E-state index in [1.807, 2.05) is 24.3 Å². The number of carbonyl (C=O) groups is 2. The lowest BCUT2D eigenvalue weighted by atomic mass is 9.76. The third kappa shape index (κ3) is 3.52. The highest BCUT2D eigenvalue weighted by Gasteiger charge is 2.44. The first-order chi connectivity index (χ1) is 13.5. The number of fused-ring (bicyclic) bond motifs is 1. The van der Waals surface area contributed by atoms with Crippen LogP contribution in [-0.2, 0) is 4.79 Å². The number of ether oxygens (including phenoxy) is 1. The van der Waals surface area contributed by atoms with Crippen LogP contribution in [-0.4, -0.2) is 45.6 Å². The molecule has 28 heavy (non-hydrogen) atoms. The van der Waals surface area contributed by atoms with E-state index in [1.54, 1.807) is 17.0 Å². The molecule has 1 atom stereocenters. The van der Waals surface area contributed by atoms with Crippen molar-refractivity contribution < 1.29 is 19.4 Å². The molecule has 7 nitrogen and oxygen atoms in total. The smallest absolute Gasteiger partial charge is 0.303 e. The van der Waals surface area contributed by atoms with Gasteiger partial charge >= 0.3 is 5.97 Å². The molecule has 3 heterocycles. The first-order valence-corrected chi connectivity index (χ1v) is 9.46. The molecule has 2 aliphatic rings. The van der Waals surface area contributed by atoms with Crippen LogP contribution in [0, 0.1) is 0 Å². The van der Waals surface area contributed by atoms with Crippen LogP contribution in [0.25, 0.3) is 0 Å². The van der Waals surface area contributed by atoms with Gasteiger partial charge in [-0.2, -0.15) is 0 Å². The molecule has 4 rings (SSSR count). The number of para-hydroxylation sites is 1. The number of rotatable bonds is 3. The monoisotopic (exact) mass is 381 g/mol. The summed E-state index contributed by atoms with van der Waals surface area (Å²) in [6, 6.07) is 11.0. The highest BCUT2D eigenvalue weighted by Crippen LogP contribution is 2.46. The fourth-order valence-corrected chi connectivity index (χ4v) is 4.28. The number of likely N-dealkylation sites (tertiary alicyclic amines) is 1. The summed E-state index contributed by atoms with van der Waals surface area (Å²) < 4.78 is 6.36. The molecule has 2 aliphatic heterocycles. The normalized spacial score (nSPS) is 20.3. The molecule has 1 spiro atoms. The third-order valence-electron chi connectivity index (χ3n) is 5.72. The maximum atomic E-state index is 12.7. The number of pyridine rings is 1. The number of hydrogen-bond acceptors (Lipinski definition) is 5. The molecular formula is C21H23N3O4. The topological polar surface area (TPSA) is 106 Å². The molecule has 1 aromatic heterocycles. The lowest BCUT2D eigenvalue weighted by Gasteiger charge is -2.46. The van der Waals surface area contributed by atoms with Crippen molar-refractivity contribution in [3.8, 4) is 5.75 Å². The first kappa shape index (κ1) is 18.3. The Morgan fingerprint density at radius 1 is 1.21 bits per heavy atom. The number of nitrogen functional groups attached to an aromatic ring is 1. The Labute approximate surface area is 163 Å². The number of anilines is 1. The Bertz CT molecular complexity index is 889. The van der Waals surface area contributed by atoms with Crippen molar-refractivity contribution in [2.75, 3.05) is 18.8 Å². The summed E-state index contributed by atoms with van der Waals surface area (Å²) in [5, 5.41) is 9.33. The van der Waals surface area contributed by atoms with Crippen LogP contribution in [0.4, 0.5) is 5.82 Å². The SMILES string of the molecule is Nc1ccc(C(=O)N2CCC3(CC2)CC(CC(=O)O)c2ccccc2O3)cn1. The molecule has 1 fully saturated rings. The molecule has 3 N–H and O–H groups in total. The Hall–Kier alpha value is -3.09. The number of nitrogens with zero attached hydrogens (tertiary/aromatic N) is 2. The molecule has 0 aliphatic carbocycles. The summed E-state index contributed by atoms with van der Waals surface area (Å²) in [4.78, 5) is 29.9. The molecule has 7 heteroatoms. The van der Waals surface area contributed by atoms with Crippen molar-refractivity contribution >= 4 is 17.7 Å². The maximum absolute atomic E-state index is 12.7. The predicted octanol–water partition coefficient (Wildman–Crippen LogP) is 2.68. The van der Waals surface area contributed by atoms with Crippen LogP contribution >= 0.6 is 0 Å². The lowest BCUT2D eigenvalue weighted by Crippen LogP contribution is -2.52. The van der Waals surface area contributed by atoms with Gasteiger partial charge in [-0.1, -0.05) is 18.2 Å². The second-order valence-electron chi connectivity index (χ2n) is 7.59. The molecule has 2 aromatic rings. The van der Waals surface area contributed by atoms with Crippen LogP contribution in [0.3, 0.4) is 0 Å². The van der Waals surface area contributed by atoms with Gasteiger partial charge in [-0.15, -0.1) is 0 Å². The Morgan fingerprint density at radius 2 is 1.96 bits per heavy atom. The number of aliphatic carboxylic acids is 1. The zero-order chi connectivity index (χ0) is 19.7. The second-order valence-corrected chi connectivity index (χ2v) is 7.59. The van der Waals surface area contributed by atoms with Gasteiger partial charge in [-0.25, -0.2) is 4.98 Å². The highest BCUT2D eigenvalue weighted by atomic mass is 16.5. The average Bonchev–Trinajstić information content (AvgIpc) is 2.68. The Kier molecular flexibility index (Phi) is 4.66. The van der Waals surface area contributed by atoms with E-state index in [2.05, 4.69) is 4.98 Å². The average molecular weight is 381 g/mol. The van der Waals surface area contributed by atoms with Crippen LogP contribution < -0.4 is 10.5 Å². The fraction of sp³-hybridized carbons (Fsp3) is 0.381. The van der Waals surface area contributed by atoms with Crippen molar-refractivity contribution in [1.29, 1.82) is 0 Å². The summed E-state index contributed by atoms with van der Waals surface area (Å²) in [5.41, 5.74) is 6.64. The number of carboxylic acid groups (broad SMARTS) is 1. The molecule has 1 unspecified atom stereocenters. The second kappa shape index (κ2) is 7.14. The van der Waals surface area contributed by atoms with Crippen LogP contribution in [0.2, 0.25) is 0 Å². The van der Waals surface area contributed by atoms with Crippen LogP contribution in [0.1, 0.15) is 47.5 Å². The van der Waals surface area contributed by atoms with E-state index in [9.17, 15) is 14.7 Å². The summed E-state index contributed by atoms with van der Waals surface area (Å²) in [6.07, 6.45) is 3.58. The van der Waals surface area contributed by atoms with E-state index in [1.165, 1.54) is 6.20 Å². The molecule has 1 aromatic carbocycles. The zero-order valence-corrected chi connectivity index (χ0v) is 15.5. The summed E-state index contributed by atoms with van der Waals surface area (Å²) in [5.74, 6) is 0.197. The van der Waals surface area contributed by atoms with Gasteiger partial charge in [-0.05, 0) is 30.2 Å². The minimum absolute atomic E-state index is 0.0688. The van der Waals surface area contributed by atoms with E-state index >= 15 is 0 Å². The molecule has 0 bridgehead atoms. The minimum atomic E-state index is -0.805. The van der Waals surface area contributed by atoms with Gasteiger partial charge in [0.15, 0.2) is 0 Å². The van der Waals surface area contributed by atoms with Crippen molar-refractivity contribution in [2.45, 2.75) is 37.2 Å². The Balaban J connectivity index is 1.49. The number of carboxylic acids is 1. The number of amides is 1. The minimum Gasteiger partial charge on any atom is -0.487 e. The molecule has 0 radical (unpaired) electrons. The van der Waals surface area contributed by atoms with Crippen molar-refractivity contribution in [2.24, 2.45) is 0 Å². The number of nitrogens with two attached hydrogens (primary N) is 1. The molecule has 0 saturated carbocycles. The van der Waals surface area contributed by atoms with Gasteiger partial charge in [-0.3, -0.25) is 9.59 Å². The van der Waals surface area contributed by atoms with Gasteiger partial charge in [0.05, 0.1) is 12.0 Å². The number of benzene rings is 1. The largest absolute Gasteiger partial charge is 0.487 e. The van der Waals surface area contributed by atoms with Gasteiger partial charge < -0.3 is 20.5 Å². The van der Waals surface area contributed by atoms with Crippen molar-refractivity contribution in [3.05, 3.63) is 53.7 Å². The Morgan fingerprint density at radius 3 is 2.64 bits per heavy atom. The molecular weight excluding hydrogens is 358 g/mol.